The summed E-state index contributed by atoms with van der Waals surface area (Å²) < 4.78 is 4.66. The number of hydrogen-bond donors (Lipinski definition) is 0. The summed E-state index contributed by atoms with van der Waals surface area (Å²) in [7, 11) is 1.47. The van der Waals surface area contributed by atoms with Gasteiger partial charge in [-0.2, -0.15) is 0 Å². The number of unbranched alkanes of at least 4 members (excludes halogenated alkanes) is 18. The molecule has 0 spiro atoms. The van der Waals surface area contributed by atoms with Gasteiger partial charge in [0.05, 0.1) is 7.11 Å². The van der Waals surface area contributed by atoms with Crippen LogP contribution in [0, 0.1) is 5.92 Å². The molecule has 0 heterocycles. The molecule has 0 amide bonds. The average Bonchev–Trinajstić information content (AvgIpc) is 2.68. The van der Waals surface area contributed by atoms with Crippen molar-refractivity contribution in [2.45, 2.75) is 149 Å². The molecule has 0 bridgehead atoms. The minimum atomic E-state index is -0.0625. The fourth-order valence-electron chi connectivity index (χ4n) is 3.93. The van der Waals surface area contributed by atoms with Crippen molar-refractivity contribution in [3.05, 3.63) is 0 Å². The molecule has 0 saturated heterocycles. The quantitative estimate of drug-likeness (QED) is 0.135. The van der Waals surface area contributed by atoms with Crippen LogP contribution >= 0.6 is 0 Å². The highest BCUT2D eigenvalue weighted by atomic mass is 16.5. The third-order valence-corrected chi connectivity index (χ3v) is 5.89. The lowest BCUT2D eigenvalue weighted by atomic mass is 10.0. The van der Waals surface area contributed by atoms with E-state index in [1.165, 1.54) is 129 Å². The molecule has 2 nitrogen and oxygen atoms in total. The molecule has 28 heavy (non-hydrogen) atoms. The monoisotopic (exact) mass is 396 g/mol. The minimum Gasteiger partial charge on any atom is -0.469 e. The van der Waals surface area contributed by atoms with E-state index in [4.69, 9.17) is 0 Å². The molecule has 0 atom stereocenters. The second-order valence-corrected chi connectivity index (χ2v) is 9.23. The van der Waals surface area contributed by atoms with Gasteiger partial charge in [0.2, 0.25) is 0 Å². The van der Waals surface area contributed by atoms with E-state index < -0.39 is 0 Å². The lowest BCUT2D eigenvalue weighted by Crippen LogP contribution is -1.99. The van der Waals surface area contributed by atoms with Crippen LogP contribution in [0.2, 0.25) is 0 Å². The van der Waals surface area contributed by atoms with Gasteiger partial charge in [0.1, 0.15) is 0 Å². The van der Waals surface area contributed by atoms with Gasteiger partial charge in [0.15, 0.2) is 0 Å². The zero-order valence-corrected chi connectivity index (χ0v) is 19.7. The Morgan fingerprint density at radius 1 is 0.536 bits per heavy atom. The third kappa shape index (κ3) is 23.5. The van der Waals surface area contributed by atoms with Crippen LogP contribution < -0.4 is 0 Å². The van der Waals surface area contributed by atoms with Crippen LogP contribution in [0.15, 0.2) is 0 Å². The van der Waals surface area contributed by atoms with E-state index in [0.29, 0.717) is 6.42 Å². The maximum atomic E-state index is 11.0. The van der Waals surface area contributed by atoms with Crippen molar-refractivity contribution in [2.75, 3.05) is 7.11 Å². The molecular formula is C26H52O2. The van der Waals surface area contributed by atoms with Crippen molar-refractivity contribution < 1.29 is 9.53 Å². The summed E-state index contributed by atoms with van der Waals surface area (Å²) in [5, 5.41) is 0. The molecule has 0 aliphatic heterocycles. The van der Waals surface area contributed by atoms with Crippen LogP contribution in [-0.2, 0) is 9.53 Å². The van der Waals surface area contributed by atoms with Gasteiger partial charge in [0, 0.05) is 6.42 Å². The Morgan fingerprint density at radius 3 is 1.11 bits per heavy atom. The van der Waals surface area contributed by atoms with Crippen molar-refractivity contribution in [3.63, 3.8) is 0 Å². The molecule has 0 aliphatic carbocycles. The molecule has 0 rings (SSSR count). The molecule has 0 fully saturated rings. The van der Waals surface area contributed by atoms with Gasteiger partial charge < -0.3 is 4.74 Å². The molecule has 2 heteroatoms. The Labute approximate surface area is 177 Å². The number of carbonyl (C=O) groups is 1. The number of methoxy groups -OCH3 is 1. The van der Waals surface area contributed by atoms with Crippen molar-refractivity contribution in [1.82, 2.24) is 0 Å². The lowest BCUT2D eigenvalue weighted by molar-refractivity contribution is -0.140. The van der Waals surface area contributed by atoms with Crippen LogP contribution in [0.4, 0.5) is 0 Å². The van der Waals surface area contributed by atoms with Crippen molar-refractivity contribution >= 4 is 5.97 Å². The van der Waals surface area contributed by atoms with Gasteiger partial charge in [-0.1, -0.05) is 136 Å². The SMILES string of the molecule is COC(=O)CCCCCCCCCCCCCCCCCCCCCC(C)C. The van der Waals surface area contributed by atoms with Gasteiger partial charge in [-0.25, -0.2) is 0 Å². The van der Waals surface area contributed by atoms with Crippen LogP contribution in [0.3, 0.4) is 0 Å². The Hall–Kier alpha value is -0.530. The standard InChI is InChI=1S/C26H52O2/c1-25(2)23-21-19-17-15-13-11-9-7-5-4-6-8-10-12-14-16-18-20-22-24-26(27)28-3/h25H,4-24H2,1-3H3. The number of rotatable bonds is 22. The highest BCUT2D eigenvalue weighted by Crippen LogP contribution is 2.15. The fourth-order valence-corrected chi connectivity index (χ4v) is 3.93. The summed E-state index contributed by atoms with van der Waals surface area (Å²) in [6.45, 7) is 4.67. The maximum absolute atomic E-state index is 11.0. The molecule has 0 unspecified atom stereocenters. The highest BCUT2D eigenvalue weighted by molar-refractivity contribution is 5.68. The van der Waals surface area contributed by atoms with Gasteiger partial charge >= 0.3 is 5.97 Å². The largest absolute Gasteiger partial charge is 0.469 e. The summed E-state index contributed by atoms with van der Waals surface area (Å²) in [6.07, 6.45) is 28.4. The number of hydrogen-bond acceptors (Lipinski definition) is 2. The number of carbonyl (C=O) groups excluding carboxylic acids is 1. The number of ether oxygens (including phenoxy) is 1. The van der Waals surface area contributed by atoms with E-state index in [2.05, 4.69) is 18.6 Å². The molecular weight excluding hydrogens is 344 g/mol. The Morgan fingerprint density at radius 2 is 0.821 bits per heavy atom. The maximum Gasteiger partial charge on any atom is 0.305 e. The van der Waals surface area contributed by atoms with E-state index in [-0.39, 0.29) is 5.97 Å². The average molecular weight is 397 g/mol. The molecule has 0 aromatic rings. The smallest absolute Gasteiger partial charge is 0.305 e. The van der Waals surface area contributed by atoms with E-state index >= 15 is 0 Å². The molecule has 0 radical (unpaired) electrons. The van der Waals surface area contributed by atoms with Crippen molar-refractivity contribution in [1.29, 1.82) is 0 Å². The summed E-state index contributed by atoms with van der Waals surface area (Å²) >= 11 is 0. The van der Waals surface area contributed by atoms with Crippen LogP contribution in [0.25, 0.3) is 0 Å². The normalized spacial score (nSPS) is 11.3. The van der Waals surface area contributed by atoms with Crippen LogP contribution in [0.1, 0.15) is 149 Å². The Bertz CT molecular complexity index is 312. The Kier molecular flexibility index (Phi) is 22.3. The third-order valence-electron chi connectivity index (χ3n) is 5.89. The summed E-state index contributed by atoms with van der Waals surface area (Å²) in [5.74, 6) is 0.822. The van der Waals surface area contributed by atoms with E-state index in [1.54, 1.807) is 0 Å². The molecule has 0 saturated carbocycles. The van der Waals surface area contributed by atoms with E-state index in [0.717, 1.165) is 12.3 Å². The van der Waals surface area contributed by atoms with Gasteiger partial charge in [-0.15, -0.1) is 0 Å². The molecule has 0 aromatic carbocycles. The summed E-state index contributed by atoms with van der Waals surface area (Å²) in [4.78, 5) is 11.0. The second kappa shape index (κ2) is 22.8. The van der Waals surface area contributed by atoms with Crippen molar-refractivity contribution in [3.8, 4) is 0 Å². The van der Waals surface area contributed by atoms with E-state index in [1.807, 2.05) is 0 Å². The zero-order chi connectivity index (χ0) is 20.7. The van der Waals surface area contributed by atoms with Crippen molar-refractivity contribution in [2.24, 2.45) is 5.92 Å². The molecule has 168 valence electrons. The topological polar surface area (TPSA) is 26.3 Å². The van der Waals surface area contributed by atoms with Crippen LogP contribution in [0.5, 0.6) is 0 Å². The van der Waals surface area contributed by atoms with Crippen LogP contribution in [-0.4, -0.2) is 13.1 Å². The molecule has 0 aliphatic rings. The first-order chi connectivity index (χ1) is 13.7. The Balaban J connectivity index is 3.02. The first-order valence-electron chi connectivity index (χ1n) is 12.7. The lowest BCUT2D eigenvalue weighted by Gasteiger charge is -2.05. The summed E-state index contributed by atoms with van der Waals surface area (Å²) in [6, 6.07) is 0. The second-order valence-electron chi connectivity index (χ2n) is 9.23. The van der Waals surface area contributed by atoms with E-state index in [9.17, 15) is 4.79 Å². The minimum absolute atomic E-state index is 0.0625. The predicted octanol–water partition coefficient (Wildman–Crippen LogP) is 9.01. The molecule has 0 N–H and O–H groups in total. The fraction of sp³-hybridized carbons (Fsp3) is 0.962. The number of esters is 1. The first kappa shape index (κ1) is 27.5. The summed E-state index contributed by atoms with van der Waals surface area (Å²) in [5.41, 5.74) is 0. The predicted molar refractivity (Wildman–Crippen MR) is 124 cm³/mol. The zero-order valence-electron chi connectivity index (χ0n) is 19.7. The highest BCUT2D eigenvalue weighted by Gasteiger charge is 1.99. The first-order valence-corrected chi connectivity index (χ1v) is 12.7. The molecule has 0 aromatic heterocycles. The van der Waals surface area contributed by atoms with Gasteiger partial charge in [-0.3, -0.25) is 4.79 Å². The van der Waals surface area contributed by atoms with Gasteiger partial charge in [0.25, 0.3) is 0 Å². The van der Waals surface area contributed by atoms with Gasteiger partial charge in [-0.05, 0) is 12.3 Å².